The van der Waals surface area contributed by atoms with Crippen molar-refractivity contribution >= 4 is 46.3 Å². The zero-order chi connectivity index (χ0) is 46.4. The predicted molar refractivity (Wildman–Crippen MR) is 232 cm³/mol. The van der Waals surface area contributed by atoms with Crippen LogP contribution in [0.3, 0.4) is 0 Å². The predicted octanol–water partition coefficient (Wildman–Crippen LogP) is 4.57. The number of piperidine rings is 1. The number of ether oxygens (including phenoxy) is 3. The van der Waals surface area contributed by atoms with Gasteiger partial charge in [-0.2, -0.15) is 18.3 Å². The minimum Gasteiger partial charge on any atom is -0.490 e. The smallest absolute Gasteiger partial charge is 0.416 e. The van der Waals surface area contributed by atoms with Crippen molar-refractivity contribution in [2.24, 2.45) is 0 Å². The van der Waals surface area contributed by atoms with E-state index in [9.17, 15) is 37.1 Å². The fourth-order valence-corrected chi connectivity index (χ4v) is 7.94. The third-order valence-corrected chi connectivity index (χ3v) is 11.5. The van der Waals surface area contributed by atoms with Gasteiger partial charge >= 0.3 is 6.18 Å². The first-order valence-electron chi connectivity index (χ1n) is 21.3. The molecule has 0 radical (unpaired) electrons. The number of carbonyl (C=O) groups excluding carboxylic acids is 5. The Morgan fingerprint density at radius 2 is 1.65 bits per heavy atom. The fourth-order valence-electron chi connectivity index (χ4n) is 7.94. The highest BCUT2D eigenvalue weighted by molar-refractivity contribution is 6.24. The molecule has 2 fully saturated rings. The number of nitrogens with zero attached hydrogens (tertiary/aromatic N) is 5. The number of aryl methyl sites for hydroxylation is 1. The standard InChI is InChI=1S/C47H45F3N8O8/c1-29-5-7-32(24-31(29)8-6-30-23-34-27-52-55-42(34)51-26-30)43(60)53-35-10-9-33(37(25-35)47(48,49)50)28-57-15-13-56(14-16-57)17-18-64-19-20-65-21-22-66-39-4-2-3-36-41(39)46(63)58(45(36)62)38-11-12-40(59)54-44(38)61/h2-5,7,9-10,23-27,38H,11-22,28H2,1H3,(H,53,60)(H,51,52,55)(H,54,59,61). The normalized spacial score (nSPS) is 16.8. The zero-order valence-corrected chi connectivity index (χ0v) is 35.8. The van der Waals surface area contributed by atoms with Gasteiger partial charge in [-0.1, -0.05) is 30.0 Å². The first kappa shape index (κ1) is 45.6. The van der Waals surface area contributed by atoms with Gasteiger partial charge in [0.05, 0.1) is 49.3 Å². The fraction of sp³-hybridized carbons (Fsp3) is 0.340. The van der Waals surface area contributed by atoms with E-state index in [1.807, 2.05) is 17.9 Å². The molecule has 2 saturated heterocycles. The van der Waals surface area contributed by atoms with Gasteiger partial charge in [-0.25, -0.2) is 4.98 Å². The second-order valence-corrected chi connectivity index (χ2v) is 16.0. The highest BCUT2D eigenvalue weighted by Crippen LogP contribution is 2.36. The van der Waals surface area contributed by atoms with Crippen LogP contribution in [0.2, 0.25) is 0 Å². The Labute approximate surface area is 376 Å². The van der Waals surface area contributed by atoms with Crippen LogP contribution in [0.5, 0.6) is 5.75 Å². The van der Waals surface area contributed by atoms with Gasteiger partial charge in [0.25, 0.3) is 17.7 Å². The summed E-state index contributed by atoms with van der Waals surface area (Å²) in [5, 5.41) is 12.3. The van der Waals surface area contributed by atoms with Gasteiger partial charge in [-0.15, -0.1) is 0 Å². The van der Waals surface area contributed by atoms with E-state index >= 15 is 0 Å². The highest BCUT2D eigenvalue weighted by Gasteiger charge is 2.46. The Morgan fingerprint density at radius 1 is 0.879 bits per heavy atom. The molecule has 8 rings (SSSR count). The summed E-state index contributed by atoms with van der Waals surface area (Å²) in [6.07, 6.45) is -1.31. The van der Waals surface area contributed by atoms with Crippen LogP contribution in [0.25, 0.3) is 11.0 Å². The van der Waals surface area contributed by atoms with Gasteiger partial charge < -0.3 is 19.5 Å². The molecule has 5 amide bonds. The Bertz CT molecular complexity index is 2740. The number of fused-ring (bicyclic) bond motifs is 2. The van der Waals surface area contributed by atoms with E-state index in [0.717, 1.165) is 21.9 Å². The van der Waals surface area contributed by atoms with Gasteiger partial charge in [0.15, 0.2) is 5.65 Å². The van der Waals surface area contributed by atoms with Crippen molar-refractivity contribution in [3.8, 4) is 17.6 Å². The molecular weight excluding hydrogens is 862 g/mol. The van der Waals surface area contributed by atoms with Crippen molar-refractivity contribution in [1.29, 1.82) is 0 Å². The molecular formula is C47H45F3N8O8. The van der Waals surface area contributed by atoms with Gasteiger partial charge in [0.1, 0.15) is 18.4 Å². The maximum atomic E-state index is 14.4. The first-order valence-corrected chi connectivity index (χ1v) is 21.3. The average molecular weight is 907 g/mol. The molecule has 0 spiro atoms. The maximum Gasteiger partial charge on any atom is 0.416 e. The number of rotatable bonds is 15. The summed E-state index contributed by atoms with van der Waals surface area (Å²) < 4.78 is 60.2. The second kappa shape index (κ2) is 20.0. The van der Waals surface area contributed by atoms with Crippen LogP contribution >= 0.6 is 0 Å². The molecule has 19 heteroatoms. The lowest BCUT2D eigenvalue weighted by molar-refractivity contribution is -0.138. The van der Waals surface area contributed by atoms with Gasteiger partial charge in [-0.05, 0) is 66.9 Å². The number of carbonyl (C=O) groups is 5. The topological polar surface area (TPSA) is 188 Å². The molecule has 3 aromatic carbocycles. The molecule has 1 unspecified atom stereocenters. The van der Waals surface area contributed by atoms with Crippen molar-refractivity contribution in [1.82, 2.24) is 35.2 Å². The van der Waals surface area contributed by atoms with Crippen molar-refractivity contribution in [2.75, 3.05) is 71.1 Å². The van der Waals surface area contributed by atoms with Crippen LogP contribution < -0.4 is 15.4 Å². The van der Waals surface area contributed by atoms with E-state index in [1.54, 1.807) is 42.7 Å². The van der Waals surface area contributed by atoms with Gasteiger partial charge in [0, 0.05) is 79.7 Å². The van der Waals surface area contributed by atoms with E-state index in [0.29, 0.717) is 62.7 Å². The van der Waals surface area contributed by atoms with E-state index in [4.69, 9.17) is 14.2 Å². The lowest BCUT2D eigenvalue weighted by Crippen LogP contribution is -2.54. The Morgan fingerprint density at radius 3 is 2.44 bits per heavy atom. The van der Waals surface area contributed by atoms with Crippen LogP contribution in [0.1, 0.15) is 71.7 Å². The Hall–Kier alpha value is -6.98. The molecule has 3 aliphatic rings. The number of hydrogen-bond donors (Lipinski definition) is 3. The van der Waals surface area contributed by atoms with Crippen LogP contribution in [0, 0.1) is 18.8 Å². The average Bonchev–Trinajstić information content (AvgIpc) is 3.87. The Kier molecular flexibility index (Phi) is 13.8. The molecule has 0 bridgehead atoms. The number of imide groups is 2. The number of alkyl halides is 3. The molecule has 66 heavy (non-hydrogen) atoms. The molecule has 2 aromatic heterocycles. The van der Waals surface area contributed by atoms with E-state index in [1.165, 1.54) is 18.2 Å². The number of amides is 5. The second-order valence-electron chi connectivity index (χ2n) is 16.0. The lowest BCUT2D eigenvalue weighted by atomic mass is 10.0. The lowest BCUT2D eigenvalue weighted by Gasteiger charge is -2.35. The number of pyridine rings is 1. The third-order valence-electron chi connectivity index (χ3n) is 11.5. The number of anilines is 1. The van der Waals surface area contributed by atoms with Crippen LogP contribution in [0.4, 0.5) is 18.9 Å². The summed E-state index contributed by atoms with van der Waals surface area (Å²) in [7, 11) is 0. The number of piperazine rings is 1. The van der Waals surface area contributed by atoms with Gasteiger partial charge in [0.2, 0.25) is 11.8 Å². The summed E-state index contributed by atoms with van der Waals surface area (Å²) >= 11 is 0. The van der Waals surface area contributed by atoms with Gasteiger partial charge in [-0.3, -0.25) is 49.1 Å². The summed E-state index contributed by atoms with van der Waals surface area (Å²) in [5.41, 5.74) is 2.50. The number of halogens is 3. The summed E-state index contributed by atoms with van der Waals surface area (Å²) in [5.74, 6) is 3.33. The summed E-state index contributed by atoms with van der Waals surface area (Å²) in [6, 6.07) is 14.2. The number of H-pyrrole nitrogens is 1. The summed E-state index contributed by atoms with van der Waals surface area (Å²) in [6.45, 7) is 6.29. The molecule has 3 aliphatic heterocycles. The third kappa shape index (κ3) is 10.6. The van der Waals surface area contributed by atoms with Crippen molar-refractivity contribution in [2.45, 2.75) is 38.5 Å². The van der Waals surface area contributed by atoms with Crippen molar-refractivity contribution < 1.29 is 51.4 Å². The van der Waals surface area contributed by atoms with Crippen LogP contribution in [-0.2, 0) is 31.8 Å². The van der Waals surface area contributed by atoms with Crippen molar-refractivity contribution in [3.63, 3.8) is 0 Å². The SMILES string of the molecule is Cc1ccc(C(=O)Nc2ccc(CN3CCN(CCOCCOCCOc4cccc5c4C(=O)N(C4CCC(=O)NC4=O)C5=O)CC3)c(C(F)(F)F)c2)cc1C#Cc1cnc2[nH]ncc2c1. The molecule has 16 nitrogen and oxygen atoms in total. The molecule has 5 heterocycles. The van der Waals surface area contributed by atoms with E-state index in [-0.39, 0.29) is 72.9 Å². The zero-order valence-electron chi connectivity index (χ0n) is 35.8. The minimum absolute atomic E-state index is 0.0220. The first-order chi connectivity index (χ1) is 31.8. The number of hydrogen-bond acceptors (Lipinski definition) is 12. The molecule has 3 N–H and O–H groups in total. The number of aromatic amines is 1. The maximum absolute atomic E-state index is 14.4. The molecule has 0 aliphatic carbocycles. The molecule has 342 valence electrons. The number of benzene rings is 3. The minimum atomic E-state index is -4.64. The van der Waals surface area contributed by atoms with Crippen molar-refractivity contribution in [3.05, 3.63) is 118 Å². The highest BCUT2D eigenvalue weighted by atomic mass is 19.4. The number of nitrogens with one attached hydrogen (secondary N) is 3. The quantitative estimate of drug-likeness (QED) is 0.0756. The molecule has 0 saturated carbocycles. The van der Waals surface area contributed by atoms with Crippen LogP contribution in [0.15, 0.2) is 73.1 Å². The largest absolute Gasteiger partial charge is 0.490 e. The molecule has 1 atom stereocenters. The summed E-state index contributed by atoms with van der Waals surface area (Å²) in [4.78, 5) is 72.8. The Balaban J connectivity index is 0.741. The van der Waals surface area contributed by atoms with E-state index < -0.39 is 47.3 Å². The number of aromatic nitrogens is 3. The molecule has 5 aromatic rings. The monoisotopic (exact) mass is 906 g/mol. The van der Waals surface area contributed by atoms with Crippen LogP contribution in [-0.4, -0.2) is 131 Å². The van der Waals surface area contributed by atoms with E-state index in [2.05, 4.69) is 42.6 Å².